The van der Waals surface area contributed by atoms with Gasteiger partial charge in [-0.25, -0.2) is 9.07 Å². The highest BCUT2D eigenvalue weighted by Gasteiger charge is 2.23. The zero-order valence-corrected chi connectivity index (χ0v) is 17.1. The van der Waals surface area contributed by atoms with Crippen molar-refractivity contribution in [3.8, 4) is 5.69 Å². The summed E-state index contributed by atoms with van der Waals surface area (Å²) in [6.07, 6.45) is 5.47. The number of amides is 1. The van der Waals surface area contributed by atoms with Crippen molar-refractivity contribution in [3.05, 3.63) is 40.9 Å². The molecule has 1 aliphatic heterocycles. The lowest BCUT2D eigenvalue weighted by Crippen LogP contribution is -2.46. The third-order valence-electron chi connectivity index (χ3n) is 4.73. The average Bonchev–Trinajstić information content (AvgIpc) is 3.12. The number of nitrogens with zero attached hydrogens (tertiary/aromatic N) is 4. The van der Waals surface area contributed by atoms with Crippen LogP contribution < -0.4 is 11.1 Å². The molecule has 1 fully saturated rings. The van der Waals surface area contributed by atoms with Gasteiger partial charge < -0.3 is 11.1 Å². The number of likely N-dealkylation sites (tertiary alicyclic amines) is 1. The Kier molecular flexibility index (Phi) is 8.62. The molecule has 0 radical (unpaired) electrons. The molecule has 1 aliphatic rings. The minimum atomic E-state index is -0.464. The Balaban J connectivity index is 0.00000280. The fourth-order valence-electron chi connectivity index (χ4n) is 3.28. The SMILES string of the molecule is Cl.NCCC(=O)NCC1CCCCN1Cc1cn(-c2ccc(F)c(Cl)c2)nn1. The lowest BCUT2D eigenvalue weighted by molar-refractivity contribution is -0.121. The number of halogens is 3. The summed E-state index contributed by atoms with van der Waals surface area (Å²) in [6.45, 7) is 2.57. The summed E-state index contributed by atoms with van der Waals surface area (Å²) in [6, 6.07) is 4.71. The lowest BCUT2D eigenvalue weighted by atomic mass is 10.0. The van der Waals surface area contributed by atoms with Crippen molar-refractivity contribution >= 4 is 29.9 Å². The van der Waals surface area contributed by atoms with Gasteiger partial charge in [0.1, 0.15) is 5.82 Å². The van der Waals surface area contributed by atoms with Gasteiger partial charge in [-0.15, -0.1) is 17.5 Å². The third-order valence-corrected chi connectivity index (χ3v) is 5.02. The normalized spacial score (nSPS) is 17.2. The molecule has 154 valence electrons. The van der Waals surface area contributed by atoms with Crippen LogP contribution in [-0.2, 0) is 11.3 Å². The van der Waals surface area contributed by atoms with Crippen LogP contribution in [0.2, 0.25) is 5.02 Å². The van der Waals surface area contributed by atoms with Gasteiger partial charge >= 0.3 is 0 Å². The minimum absolute atomic E-state index is 0. The monoisotopic (exact) mass is 430 g/mol. The zero-order chi connectivity index (χ0) is 19.2. The van der Waals surface area contributed by atoms with Gasteiger partial charge in [-0.3, -0.25) is 9.69 Å². The fraction of sp³-hybridized carbons (Fsp3) is 0.500. The number of aromatic nitrogens is 3. The van der Waals surface area contributed by atoms with Crippen LogP contribution in [0, 0.1) is 5.82 Å². The molecule has 3 N–H and O–H groups in total. The molecule has 1 amide bonds. The maximum absolute atomic E-state index is 13.3. The van der Waals surface area contributed by atoms with E-state index in [0.29, 0.717) is 31.7 Å². The Labute approximate surface area is 174 Å². The molecule has 1 aromatic heterocycles. The van der Waals surface area contributed by atoms with Crippen LogP contribution in [0.1, 0.15) is 31.4 Å². The van der Waals surface area contributed by atoms with E-state index in [1.54, 1.807) is 10.7 Å². The first kappa shape index (κ1) is 22.5. The van der Waals surface area contributed by atoms with Gasteiger partial charge in [0.15, 0.2) is 0 Å². The van der Waals surface area contributed by atoms with Gasteiger partial charge in [-0.1, -0.05) is 23.2 Å². The smallest absolute Gasteiger partial charge is 0.221 e. The van der Waals surface area contributed by atoms with Crippen molar-refractivity contribution in [2.45, 2.75) is 38.3 Å². The molecule has 7 nitrogen and oxygen atoms in total. The number of hydrogen-bond acceptors (Lipinski definition) is 5. The van der Waals surface area contributed by atoms with Crippen molar-refractivity contribution < 1.29 is 9.18 Å². The molecule has 2 aromatic rings. The molecule has 10 heteroatoms. The van der Waals surface area contributed by atoms with E-state index in [9.17, 15) is 9.18 Å². The highest BCUT2D eigenvalue weighted by molar-refractivity contribution is 6.30. The molecule has 0 aliphatic carbocycles. The molecular weight excluding hydrogens is 406 g/mol. The quantitative estimate of drug-likeness (QED) is 0.703. The van der Waals surface area contributed by atoms with Crippen LogP contribution in [0.4, 0.5) is 4.39 Å². The first-order valence-corrected chi connectivity index (χ1v) is 9.52. The van der Waals surface area contributed by atoms with Gasteiger partial charge in [0, 0.05) is 32.1 Å². The minimum Gasteiger partial charge on any atom is -0.354 e. The van der Waals surface area contributed by atoms with Crippen molar-refractivity contribution in [2.75, 3.05) is 19.6 Å². The van der Waals surface area contributed by atoms with E-state index in [2.05, 4.69) is 20.5 Å². The number of nitrogens with two attached hydrogens (primary N) is 1. The van der Waals surface area contributed by atoms with E-state index >= 15 is 0 Å². The Morgan fingerprint density at radius 1 is 1.39 bits per heavy atom. The molecule has 0 saturated carbocycles. The third kappa shape index (κ3) is 5.88. The largest absolute Gasteiger partial charge is 0.354 e. The van der Waals surface area contributed by atoms with E-state index in [0.717, 1.165) is 31.5 Å². The summed E-state index contributed by atoms with van der Waals surface area (Å²) < 4.78 is 14.9. The van der Waals surface area contributed by atoms with Crippen LogP contribution in [0.15, 0.2) is 24.4 Å². The number of carbonyl (C=O) groups excluding carboxylic acids is 1. The Morgan fingerprint density at radius 3 is 2.96 bits per heavy atom. The highest BCUT2D eigenvalue weighted by atomic mass is 35.5. The van der Waals surface area contributed by atoms with Gasteiger partial charge in [0.2, 0.25) is 5.91 Å². The first-order chi connectivity index (χ1) is 13.1. The molecule has 0 spiro atoms. The van der Waals surface area contributed by atoms with E-state index < -0.39 is 5.82 Å². The van der Waals surface area contributed by atoms with Crippen molar-refractivity contribution in [3.63, 3.8) is 0 Å². The molecule has 1 saturated heterocycles. The first-order valence-electron chi connectivity index (χ1n) is 9.14. The van der Waals surface area contributed by atoms with Crippen LogP contribution in [-0.4, -0.2) is 51.5 Å². The molecule has 1 unspecified atom stereocenters. The fourth-order valence-corrected chi connectivity index (χ4v) is 3.46. The Morgan fingerprint density at radius 2 is 2.21 bits per heavy atom. The summed E-state index contributed by atoms with van der Waals surface area (Å²) in [5.41, 5.74) is 6.89. The lowest BCUT2D eigenvalue weighted by Gasteiger charge is -2.35. The van der Waals surface area contributed by atoms with Crippen molar-refractivity contribution in [2.24, 2.45) is 5.73 Å². The standard InChI is InChI=1S/C18H24ClFN6O.ClH/c19-16-9-14(4-5-17(16)20)26-12-13(23-24-26)11-25-8-2-1-3-15(25)10-22-18(27)6-7-21;/h4-5,9,12,15H,1-3,6-8,10-11,21H2,(H,22,27);1H. The number of carbonyl (C=O) groups is 1. The van der Waals surface area contributed by atoms with Gasteiger partial charge in [0.05, 0.1) is 22.6 Å². The van der Waals surface area contributed by atoms with Crippen LogP contribution >= 0.6 is 24.0 Å². The summed E-state index contributed by atoms with van der Waals surface area (Å²) in [4.78, 5) is 14.0. The Bertz CT molecular complexity index is 787. The maximum Gasteiger partial charge on any atom is 0.221 e. The predicted molar refractivity (Wildman–Crippen MR) is 108 cm³/mol. The molecular formula is C18H25Cl2FN6O. The average molecular weight is 431 g/mol. The molecule has 1 aromatic carbocycles. The summed E-state index contributed by atoms with van der Waals surface area (Å²) in [5, 5.41) is 11.4. The molecule has 3 rings (SSSR count). The predicted octanol–water partition coefficient (Wildman–Crippen LogP) is 2.30. The van der Waals surface area contributed by atoms with Crippen molar-refractivity contribution in [1.29, 1.82) is 0 Å². The van der Waals surface area contributed by atoms with Crippen LogP contribution in [0.25, 0.3) is 5.69 Å². The maximum atomic E-state index is 13.3. The highest BCUT2D eigenvalue weighted by Crippen LogP contribution is 2.21. The van der Waals surface area contributed by atoms with Crippen LogP contribution in [0.5, 0.6) is 0 Å². The van der Waals surface area contributed by atoms with E-state index in [1.165, 1.54) is 12.1 Å². The summed E-state index contributed by atoms with van der Waals surface area (Å²) in [7, 11) is 0. The number of rotatable bonds is 7. The second-order valence-electron chi connectivity index (χ2n) is 6.72. The molecule has 0 bridgehead atoms. The van der Waals surface area contributed by atoms with Crippen molar-refractivity contribution in [1.82, 2.24) is 25.2 Å². The summed E-state index contributed by atoms with van der Waals surface area (Å²) >= 11 is 5.84. The number of benzene rings is 1. The van der Waals surface area contributed by atoms with Gasteiger partial charge in [-0.2, -0.15) is 0 Å². The number of piperidine rings is 1. The molecule has 1 atom stereocenters. The second kappa shape index (κ2) is 10.7. The molecule has 28 heavy (non-hydrogen) atoms. The number of nitrogens with one attached hydrogen (secondary N) is 1. The number of hydrogen-bond donors (Lipinski definition) is 2. The van der Waals surface area contributed by atoms with E-state index in [-0.39, 0.29) is 29.4 Å². The van der Waals surface area contributed by atoms with Crippen LogP contribution in [0.3, 0.4) is 0 Å². The van der Waals surface area contributed by atoms with Gasteiger partial charge in [0.25, 0.3) is 0 Å². The second-order valence-corrected chi connectivity index (χ2v) is 7.12. The van der Waals surface area contributed by atoms with E-state index in [4.69, 9.17) is 17.3 Å². The Hall–Kier alpha value is -1.74. The summed E-state index contributed by atoms with van der Waals surface area (Å²) in [5.74, 6) is -0.476. The molecule has 2 heterocycles. The topological polar surface area (TPSA) is 89.1 Å². The van der Waals surface area contributed by atoms with Gasteiger partial charge in [-0.05, 0) is 37.6 Å². The zero-order valence-electron chi connectivity index (χ0n) is 15.5. The van der Waals surface area contributed by atoms with E-state index in [1.807, 2.05) is 6.20 Å².